The maximum absolute atomic E-state index is 12.2. The summed E-state index contributed by atoms with van der Waals surface area (Å²) in [6.45, 7) is 4.72. The second-order valence-electron chi connectivity index (χ2n) is 5.55. The van der Waals surface area contributed by atoms with E-state index in [0.717, 1.165) is 11.1 Å². The van der Waals surface area contributed by atoms with Gasteiger partial charge in [0.05, 0.1) is 4.92 Å². The normalized spacial score (nSPS) is 10.3. The number of rotatable bonds is 5. The molecular weight excluding hydrogens is 310 g/mol. The van der Waals surface area contributed by atoms with E-state index < -0.39 is 17.5 Å². The van der Waals surface area contributed by atoms with Gasteiger partial charge in [-0.05, 0) is 38.5 Å². The van der Waals surface area contributed by atoms with Crippen LogP contribution in [0.25, 0.3) is 0 Å². The standard InChI is InChI=1S/C18H17NO5/c1-11-7-8-12(2)15(9-11)16(20)10-24-18(21)14-6-4-5-13(3)17(14)19(22)23/h4-9H,10H2,1-3H3. The summed E-state index contributed by atoms with van der Waals surface area (Å²) in [4.78, 5) is 34.9. The van der Waals surface area contributed by atoms with E-state index in [-0.39, 0.29) is 17.0 Å². The highest BCUT2D eigenvalue weighted by Crippen LogP contribution is 2.23. The minimum atomic E-state index is -0.885. The molecule has 0 spiro atoms. The minimum absolute atomic E-state index is 0.159. The summed E-state index contributed by atoms with van der Waals surface area (Å²) in [5.74, 6) is -1.23. The molecule has 0 N–H and O–H groups in total. The van der Waals surface area contributed by atoms with Crippen LogP contribution >= 0.6 is 0 Å². The number of nitro benzene ring substituents is 1. The third-order valence-electron chi connectivity index (χ3n) is 3.67. The molecule has 0 aromatic heterocycles. The van der Waals surface area contributed by atoms with Gasteiger partial charge in [-0.25, -0.2) is 4.79 Å². The third kappa shape index (κ3) is 3.65. The van der Waals surface area contributed by atoms with Crippen molar-refractivity contribution in [3.05, 3.63) is 74.3 Å². The van der Waals surface area contributed by atoms with Crippen LogP contribution in [-0.2, 0) is 4.74 Å². The number of nitro groups is 1. The van der Waals surface area contributed by atoms with Gasteiger partial charge < -0.3 is 4.74 Å². The van der Waals surface area contributed by atoms with Crippen molar-refractivity contribution in [1.29, 1.82) is 0 Å². The van der Waals surface area contributed by atoms with E-state index in [1.165, 1.54) is 25.1 Å². The zero-order valence-electron chi connectivity index (χ0n) is 13.7. The van der Waals surface area contributed by atoms with Crippen LogP contribution in [0.2, 0.25) is 0 Å². The van der Waals surface area contributed by atoms with Crippen LogP contribution in [0, 0.1) is 30.9 Å². The molecular formula is C18H17NO5. The molecule has 0 saturated carbocycles. The van der Waals surface area contributed by atoms with Gasteiger partial charge in [-0.3, -0.25) is 14.9 Å². The minimum Gasteiger partial charge on any atom is -0.454 e. The van der Waals surface area contributed by atoms with E-state index in [1.54, 1.807) is 13.0 Å². The Balaban J connectivity index is 2.17. The van der Waals surface area contributed by atoms with Gasteiger partial charge in [0.2, 0.25) is 5.78 Å². The molecule has 6 nitrogen and oxygen atoms in total. The lowest BCUT2D eigenvalue weighted by Gasteiger charge is -2.08. The van der Waals surface area contributed by atoms with Gasteiger partial charge in [-0.15, -0.1) is 0 Å². The average Bonchev–Trinajstić information content (AvgIpc) is 2.53. The number of hydrogen-bond acceptors (Lipinski definition) is 5. The fraction of sp³-hybridized carbons (Fsp3) is 0.222. The molecule has 0 aliphatic rings. The SMILES string of the molecule is Cc1ccc(C)c(C(=O)COC(=O)c2cccc(C)c2[N+](=O)[O-])c1. The van der Waals surface area contributed by atoms with E-state index in [1.807, 2.05) is 19.1 Å². The van der Waals surface area contributed by atoms with Crippen LogP contribution in [0.1, 0.15) is 37.4 Å². The molecule has 0 aliphatic carbocycles. The zero-order valence-corrected chi connectivity index (χ0v) is 13.7. The van der Waals surface area contributed by atoms with Crippen molar-refractivity contribution in [2.24, 2.45) is 0 Å². The Labute approximate surface area is 139 Å². The number of Topliss-reactive ketones (excluding diaryl/α,β-unsaturated/α-hetero) is 1. The van der Waals surface area contributed by atoms with Crippen LogP contribution in [0.15, 0.2) is 36.4 Å². The highest BCUT2D eigenvalue weighted by Gasteiger charge is 2.24. The molecule has 0 fully saturated rings. The fourth-order valence-electron chi connectivity index (χ4n) is 2.39. The van der Waals surface area contributed by atoms with E-state index in [9.17, 15) is 19.7 Å². The Morgan fingerprint density at radius 1 is 1.04 bits per heavy atom. The molecule has 0 saturated heterocycles. The van der Waals surface area contributed by atoms with Crippen molar-refractivity contribution in [3.63, 3.8) is 0 Å². The van der Waals surface area contributed by atoms with Crippen LogP contribution < -0.4 is 0 Å². The van der Waals surface area contributed by atoms with Gasteiger partial charge in [0, 0.05) is 11.1 Å². The molecule has 124 valence electrons. The lowest BCUT2D eigenvalue weighted by Crippen LogP contribution is -2.16. The number of aryl methyl sites for hydroxylation is 3. The molecule has 0 amide bonds. The predicted molar refractivity (Wildman–Crippen MR) is 88.4 cm³/mol. The number of carbonyl (C=O) groups excluding carboxylic acids is 2. The van der Waals surface area contributed by atoms with Crippen molar-refractivity contribution in [2.75, 3.05) is 6.61 Å². The monoisotopic (exact) mass is 327 g/mol. The number of hydrogen-bond donors (Lipinski definition) is 0. The summed E-state index contributed by atoms with van der Waals surface area (Å²) in [6, 6.07) is 9.81. The Morgan fingerprint density at radius 3 is 2.42 bits per heavy atom. The number of ketones is 1. The molecule has 24 heavy (non-hydrogen) atoms. The van der Waals surface area contributed by atoms with E-state index in [0.29, 0.717) is 11.1 Å². The van der Waals surface area contributed by atoms with Crippen LogP contribution in [-0.4, -0.2) is 23.3 Å². The highest BCUT2D eigenvalue weighted by molar-refractivity contribution is 6.01. The first kappa shape index (κ1) is 17.3. The average molecular weight is 327 g/mol. The van der Waals surface area contributed by atoms with E-state index >= 15 is 0 Å². The Hall–Kier alpha value is -3.02. The van der Waals surface area contributed by atoms with Crippen molar-refractivity contribution in [1.82, 2.24) is 0 Å². The molecule has 2 aromatic rings. The van der Waals surface area contributed by atoms with Crippen molar-refractivity contribution in [3.8, 4) is 0 Å². The second-order valence-corrected chi connectivity index (χ2v) is 5.55. The first-order valence-corrected chi connectivity index (χ1v) is 7.33. The van der Waals surface area contributed by atoms with Crippen LogP contribution in [0.3, 0.4) is 0 Å². The predicted octanol–water partition coefficient (Wildman–Crippen LogP) is 3.56. The molecule has 0 heterocycles. The molecule has 0 unspecified atom stereocenters. The highest BCUT2D eigenvalue weighted by atomic mass is 16.6. The number of para-hydroxylation sites is 1. The lowest BCUT2D eigenvalue weighted by atomic mass is 10.0. The van der Waals surface area contributed by atoms with Crippen molar-refractivity contribution >= 4 is 17.4 Å². The van der Waals surface area contributed by atoms with Gasteiger partial charge in [0.15, 0.2) is 6.61 Å². The van der Waals surface area contributed by atoms with Gasteiger partial charge in [0.25, 0.3) is 5.69 Å². The first-order chi connectivity index (χ1) is 11.3. The molecule has 2 rings (SSSR count). The Kier molecular flexibility index (Phi) is 5.08. The van der Waals surface area contributed by atoms with Crippen molar-refractivity contribution in [2.45, 2.75) is 20.8 Å². The van der Waals surface area contributed by atoms with Gasteiger partial charge in [-0.1, -0.05) is 29.8 Å². The van der Waals surface area contributed by atoms with Crippen LogP contribution in [0.4, 0.5) is 5.69 Å². The summed E-state index contributed by atoms with van der Waals surface area (Å²) in [6.07, 6.45) is 0. The topological polar surface area (TPSA) is 86.5 Å². The summed E-state index contributed by atoms with van der Waals surface area (Å²) < 4.78 is 4.99. The molecule has 0 bridgehead atoms. The fourth-order valence-corrected chi connectivity index (χ4v) is 2.39. The van der Waals surface area contributed by atoms with Gasteiger partial charge in [0.1, 0.15) is 5.56 Å². The summed E-state index contributed by atoms with van der Waals surface area (Å²) in [7, 11) is 0. The number of esters is 1. The Morgan fingerprint density at radius 2 is 1.75 bits per heavy atom. The molecule has 0 radical (unpaired) electrons. The molecule has 2 aromatic carbocycles. The molecule has 0 aliphatic heterocycles. The summed E-state index contributed by atoms with van der Waals surface area (Å²) in [5.41, 5.74) is 2.07. The lowest BCUT2D eigenvalue weighted by molar-refractivity contribution is -0.385. The summed E-state index contributed by atoms with van der Waals surface area (Å²) in [5, 5.41) is 11.1. The second kappa shape index (κ2) is 7.04. The largest absolute Gasteiger partial charge is 0.454 e. The van der Waals surface area contributed by atoms with Gasteiger partial charge in [-0.2, -0.15) is 0 Å². The van der Waals surface area contributed by atoms with Gasteiger partial charge >= 0.3 is 5.97 Å². The molecule has 6 heteroatoms. The maximum Gasteiger partial charge on any atom is 0.345 e. The smallest absolute Gasteiger partial charge is 0.345 e. The van der Waals surface area contributed by atoms with Crippen molar-refractivity contribution < 1.29 is 19.2 Å². The van der Waals surface area contributed by atoms with E-state index in [2.05, 4.69) is 0 Å². The summed E-state index contributed by atoms with van der Waals surface area (Å²) >= 11 is 0. The number of benzene rings is 2. The number of ether oxygens (including phenoxy) is 1. The quantitative estimate of drug-likeness (QED) is 0.363. The first-order valence-electron chi connectivity index (χ1n) is 7.33. The number of carbonyl (C=O) groups is 2. The molecule has 0 atom stereocenters. The zero-order chi connectivity index (χ0) is 17.9. The van der Waals surface area contributed by atoms with E-state index in [4.69, 9.17) is 4.74 Å². The Bertz CT molecular complexity index is 826. The third-order valence-corrected chi connectivity index (χ3v) is 3.67. The maximum atomic E-state index is 12.2. The number of nitrogens with zero attached hydrogens (tertiary/aromatic N) is 1. The van der Waals surface area contributed by atoms with Crippen LogP contribution in [0.5, 0.6) is 0 Å².